The smallest absolute Gasteiger partial charge is 0.222 e. The van der Waals surface area contributed by atoms with Crippen molar-refractivity contribution in [1.82, 2.24) is 5.32 Å². The van der Waals surface area contributed by atoms with E-state index < -0.39 is 0 Å². The minimum Gasteiger partial charge on any atom is -0.356 e. The van der Waals surface area contributed by atoms with Gasteiger partial charge in [-0.3, -0.25) is 4.79 Å². The molecule has 1 N–H and O–H groups in total. The lowest BCUT2D eigenvalue weighted by Gasteiger charge is -2.08. The number of benzene rings is 1. The average Bonchev–Trinajstić information content (AvgIpc) is 2.15. The summed E-state index contributed by atoms with van der Waals surface area (Å²) in [7, 11) is 0. The van der Waals surface area contributed by atoms with E-state index in [9.17, 15) is 4.79 Å². The fourth-order valence-corrected chi connectivity index (χ4v) is 1.86. The van der Waals surface area contributed by atoms with Gasteiger partial charge in [-0.05, 0) is 30.2 Å². The molecule has 16 heavy (non-hydrogen) atoms. The number of carbonyl (C=O) groups excluding carboxylic acids is 1. The van der Waals surface area contributed by atoms with Gasteiger partial charge in [0, 0.05) is 22.5 Å². The van der Waals surface area contributed by atoms with Gasteiger partial charge in [-0.1, -0.05) is 37.0 Å². The number of carbonyl (C=O) groups is 1. The second-order valence-electron chi connectivity index (χ2n) is 3.97. The maximum absolute atomic E-state index is 11.3. The van der Waals surface area contributed by atoms with E-state index in [0.29, 0.717) is 16.6 Å². The highest BCUT2D eigenvalue weighted by molar-refractivity contribution is 6.34. The first-order valence-electron chi connectivity index (χ1n) is 5.21. The molecule has 0 aliphatic heterocycles. The van der Waals surface area contributed by atoms with E-state index in [4.69, 9.17) is 23.2 Å². The minimum absolute atomic E-state index is 0.0166. The molecule has 0 unspecified atom stereocenters. The fraction of sp³-hybridized carbons (Fsp3) is 0.417. The molecule has 0 heterocycles. The normalized spacial score (nSPS) is 10.6. The Kier molecular flexibility index (Phi) is 5.10. The SMILES string of the molecule is CC(C)C(=O)NCCc1cc(Cl)cc(Cl)c1. The number of halogens is 2. The lowest BCUT2D eigenvalue weighted by atomic mass is 10.1. The van der Waals surface area contributed by atoms with Crippen molar-refractivity contribution in [3.63, 3.8) is 0 Å². The van der Waals surface area contributed by atoms with E-state index >= 15 is 0 Å². The van der Waals surface area contributed by atoms with Crippen LogP contribution in [0.4, 0.5) is 0 Å². The molecule has 1 rings (SSSR count). The average molecular weight is 260 g/mol. The third kappa shape index (κ3) is 4.42. The van der Waals surface area contributed by atoms with Crippen molar-refractivity contribution in [2.45, 2.75) is 20.3 Å². The number of rotatable bonds is 4. The molecular weight excluding hydrogens is 245 g/mol. The molecule has 0 spiro atoms. The first-order valence-corrected chi connectivity index (χ1v) is 5.97. The van der Waals surface area contributed by atoms with Gasteiger partial charge in [0.15, 0.2) is 0 Å². The van der Waals surface area contributed by atoms with Crippen LogP contribution in [0.3, 0.4) is 0 Å². The fourth-order valence-electron chi connectivity index (χ4n) is 1.29. The van der Waals surface area contributed by atoms with Crippen molar-refractivity contribution in [2.24, 2.45) is 5.92 Å². The molecule has 1 amide bonds. The van der Waals surface area contributed by atoms with Gasteiger partial charge >= 0.3 is 0 Å². The van der Waals surface area contributed by atoms with E-state index in [2.05, 4.69) is 5.32 Å². The van der Waals surface area contributed by atoms with Gasteiger partial charge in [0.2, 0.25) is 5.91 Å². The van der Waals surface area contributed by atoms with Crippen molar-refractivity contribution in [3.8, 4) is 0 Å². The third-order valence-electron chi connectivity index (χ3n) is 2.16. The van der Waals surface area contributed by atoms with Gasteiger partial charge in [0.1, 0.15) is 0 Å². The highest BCUT2D eigenvalue weighted by Gasteiger charge is 2.05. The first-order chi connectivity index (χ1) is 7.49. The van der Waals surface area contributed by atoms with Crippen LogP contribution in [0.15, 0.2) is 18.2 Å². The van der Waals surface area contributed by atoms with Crippen LogP contribution in [0.5, 0.6) is 0 Å². The maximum atomic E-state index is 11.3. The third-order valence-corrected chi connectivity index (χ3v) is 2.60. The molecule has 0 bridgehead atoms. The Hall–Kier alpha value is -0.730. The van der Waals surface area contributed by atoms with Crippen LogP contribution in [0.2, 0.25) is 10.0 Å². The molecule has 0 fully saturated rings. The van der Waals surface area contributed by atoms with Gasteiger partial charge < -0.3 is 5.32 Å². The number of amides is 1. The van der Waals surface area contributed by atoms with Gasteiger partial charge in [0.25, 0.3) is 0 Å². The summed E-state index contributed by atoms with van der Waals surface area (Å²) in [6.45, 7) is 4.34. The molecule has 2 nitrogen and oxygen atoms in total. The Balaban J connectivity index is 2.46. The second-order valence-corrected chi connectivity index (χ2v) is 4.85. The number of hydrogen-bond donors (Lipinski definition) is 1. The lowest BCUT2D eigenvalue weighted by molar-refractivity contribution is -0.123. The van der Waals surface area contributed by atoms with Gasteiger partial charge in [0.05, 0.1) is 0 Å². The molecule has 1 aromatic carbocycles. The van der Waals surface area contributed by atoms with Crippen molar-refractivity contribution in [1.29, 1.82) is 0 Å². The molecule has 0 radical (unpaired) electrons. The molecule has 0 aromatic heterocycles. The van der Waals surface area contributed by atoms with Crippen molar-refractivity contribution < 1.29 is 4.79 Å². The van der Waals surface area contributed by atoms with E-state index in [-0.39, 0.29) is 11.8 Å². The zero-order chi connectivity index (χ0) is 12.1. The van der Waals surface area contributed by atoms with Crippen LogP contribution in [-0.4, -0.2) is 12.5 Å². The lowest BCUT2D eigenvalue weighted by Crippen LogP contribution is -2.29. The Bertz CT molecular complexity index is 357. The van der Waals surface area contributed by atoms with Crippen LogP contribution >= 0.6 is 23.2 Å². The van der Waals surface area contributed by atoms with Crippen LogP contribution in [0.25, 0.3) is 0 Å². The zero-order valence-corrected chi connectivity index (χ0v) is 10.9. The topological polar surface area (TPSA) is 29.1 Å². The van der Waals surface area contributed by atoms with Crippen LogP contribution in [-0.2, 0) is 11.2 Å². The first kappa shape index (κ1) is 13.3. The van der Waals surface area contributed by atoms with Gasteiger partial charge in [-0.2, -0.15) is 0 Å². The summed E-state index contributed by atoms with van der Waals surface area (Å²) in [6.07, 6.45) is 0.735. The van der Waals surface area contributed by atoms with Crippen LogP contribution in [0.1, 0.15) is 19.4 Å². The molecule has 1 aromatic rings. The van der Waals surface area contributed by atoms with E-state index in [1.165, 1.54) is 0 Å². The molecule has 0 saturated heterocycles. The van der Waals surface area contributed by atoms with Gasteiger partial charge in [-0.15, -0.1) is 0 Å². The summed E-state index contributed by atoms with van der Waals surface area (Å²) in [6, 6.07) is 5.41. The maximum Gasteiger partial charge on any atom is 0.222 e. The zero-order valence-electron chi connectivity index (χ0n) is 9.39. The molecule has 4 heteroatoms. The molecule has 0 aliphatic rings. The van der Waals surface area contributed by atoms with Crippen molar-refractivity contribution in [2.75, 3.05) is 6.54 Å². The molecular formula is C12H15Cl2NO. The van der Waals surface area contributed by atoms with Crippen LogP contribution in [0, 0.1) is 5.92 Å². The summed E-state index contributed by atoms with van der Waals surface area (Å²) in [4.78, 5) is 11.3. The number of nitrogens with one attached hydrogen (secondary N) is 1. The van der Waals surface area contributed by atoms with E-state index in [1.54, 1.807) is 6.07 Å². The Labute approximate surface area is 106 Å². The predicted octanol–water partition coefficient (Wildman–Crippen LogP) is 3.31. The summed E-state index contributed by atoms with van der Waals surface area (Å²) in [5.41, 5.74) is 1.03. The highest BCUT2D eigenvalue weighted by Crippen LogP contribution is 2.19. The van der Waals surface area contributed by atoms with E-state index in [0.717, 1.165) is 12.0 Å². The summed E-state index contributed by atoms with van der Waals surface area (Å²) in [5.74, 6) is 0.0797. The Morgan fingerprint density at radius 3 is 2.31 bits per heavy atom. The monoisotopic (exact) mass is 259 g/mol. The summed E-state index contributed by atoms with van der Waals surface area (Å²) < 4.78 is 0. The van der Waals surface area contributed by atoms with Crippen LogP contribution < -0.4 is 5.32 Å². The predicted molar refractivity (Wildman–Crippen MR) is 68.0 cm³/mol. The number of hydrogen-bond acceptors (Lipinski definition) is 1. The standard InChI is InChI=1S/C12H15Cl2NO/c1-8(2)12(16)15-4-3-9-5-10(13)7-11(14)6-9/h5-8H,3-4H2,1-2H3,(H,15,16). The largest absolute Gasteiger partial charge is 0.356 e. The van der Waals surface area contributed by atoms with Crippen molar-refractivity contribution >= 4 is 29.1 Å². The highest BCUT2D eigenvalue weighted by atomic mass is 35.5. The molecule has 0 atom stereocenters. The minimum atomic E-state index is 0.0166. The quantitative estimate of drug-likeness (QED) is 0.884. The van der Waals surface area contributed by atoms with Crippen molar-refractivity contribution in [3.05, 3.63) is 33.8 Å². The van der Waals surface area contributed by atoms with E-state index in [1.807, 2.05) is 26.0 Å². The summed E-state index contributed by atoms with van der Waals surface area (Å²) >= 11 is 11.7. The Morgan fingerprint density at radius 2 is 1.81 bits per heavy atom. The Morgan fingerprint density at radius 1 is 1.25 bits per heavy atom. The molecule has 0 aliphatic carbocycles. The second kappa shape index (κ2) is 6.12. The van der Waals surface area contributed by atoms with Gasteiger partial charge in [-0.25, -0.2) is 0 Å². The molecule has 0 saturated carbocycles. The summed E-state index contributed by atoms with van der Waals surface area (Å²) in [5, 5.41) is 4.09. The molecule has 88 valence electrons.